The molecule has 3 rings (SSSR count). The lowest BCUT2D eigenvalue weighted by Crippen LogP contribution is -2.29. The lowest BCUT2D eigenvalue weighted by Gasteiger charge is -2.15. The molecule has 0 radical (unpaired) electrons. The number of carbonyl (C=O) groups is 2. The van der Waals surface area contributed by atoms with Crippen LogP contribution in [0, 0.1) is 0 Å². The van der Waals surface area contributed by atoms with E-state index in [-0.39, 0.29) is 22.1 Å². The van der Waals surface area contributed by atoms with Crippen LogP contribution in [0.25, 0.3) is 0 Å². The predicted molar refractivity (Wildman–Crippen MR) is 113 cm³/mol. The number of benzene rings is 2. The van der Waals surface area contributed by atoms with Crippen molar-refractivity contribution in [3.8, 4) is 5.75 Å². The molecule has 2 N–H and O–H groups in total. The van der Waals surface area contributed by atoms with Crippen molar-refractivity contribution in [2.75, 3.05) is 32.6 Å². The number of hydrogen-bond acceptors (Lipinski definition) is 5. The van der Waals surface area contributed by atoms with Crippen molar-refractivity contribution < 1.29 is 22.7 Å². The van der Waals surface area contributed by atoms with Gasteiger partial charge in [0, 0.05) is 24.3 Å². The van der Waals surface area contributed by atoms with Gasteiger partial charge in [0.25, 0.3) is 5.91 Å². The van der Waals surface area contributed by atoms with Crippen LogP contribution in [-0.2, 0) is 21.2 Å². The third-order valence-corrected chi connectivity index (χ3v) is 6.45. The Morgan fingerprint density at radius 2 is 1.73 bits per heavy atom. The van der Waals surface area contributed by atoms with Gasteiger partial charge in [0.05, 0.1) is 13.5 Å². The standard InChI is InChI=1S/C21H25N3O5S/c1-22-30(27,28)19-14-16(7-10-18(19)29-2)21(26)23-17-8-5-15(6-9-17)13-20(25)24-11-3-4-12-24/h5-10,14,22H,3-4,11-13H2,1-2H3,(H,23,26). The molecule has 1 aliphatic heterocycles. The fourth-order valence-electron chi connectivity index (χ4n) is 3.30. The van der Waals surface area contributed by atoms with Crippen molar-refractivity contribution in [2.45, 2.75) is 24.2 Å². The number of nitrogens with one attached hydrogen (secondary N) is 2. The Morgan fingerprint density at radius 1 is 1.07 bits per heavy atom. The van der Waals surface area contributed by atoms with E-state index < -0.39 is 15.9 Å². The third kappa shape index (κ3) is 4.98. The molecule has 160 valence electrons. The van der Waals surface area contributed by atoms with Gasteiger partial charge in [-0.15, -0.1) is 0 Å². The van der Waals surface area contributed by atoms with Crippen LogP contribution in [0.2, 0.25) is 0 Å². The van der Waals surface area contributed by atoms with Gasteiger partial charge >= 0.3 is 0 Å². The molecule has 1 fully saturated rings. The molecule has 0 aliphatic carbocycles. The van der Waals surface area contributed by atoms with Gasteiger partial charge in [-0.3, -0.25) is 9.59 Å². The maximum absolute atomic E-state index is 12.6. The van der Waals surface area contributed by atoms with E-state index in [1.807, 2.05) is 4.90 Å². The first-order chi connectivity index (χ1) is 14.3. The van der Waals surface area contributed by atoms with Crippen LogP contribution in [0.3, 0.4) is 0 Å². The summed E-state index contributed by atoms with van der Waals surface area (Å²) in [5.74, 6) is -0.195. The first kappa shape index (κ1) is 21.8. The molecule has 1 heterocycles. The van der Waals surface area contributed by atoms with Crippen LogP contribution < -0.4 is 14.8 Å². The molecule has 0 bridgehead atoms. The number of methoxy groups -OCH3 is 1. The second kappa shape index (κ2) is 9.27. The molecule has 0 saturated carbocycles. The number of nitrogens with zero attached hydrogens (tertiary/aromatic N) is 1. The Hall–Kier alpha value is -2.91. The topological polar surface area (TPSA) is 105 Å². The fourth-order valence-corrected chi connectivity index (χ4v) is 4.22. The van der Waals surface area contributed by atoms with Crippen LogP contribution in [0.4, 0.5) is 5.69 Å². The first-order valence-corrected chi connectivity index (χ1v) is 11.1. The quantitative estimate of drug-likeness (QED) is 0.698. The summed E-state index contributed by atoms with van der Waals surface area (Å²) in [6, 6.07) is 11.2. The van der Waals surface area contributed by atoms with Crippen molar-refractivity contribution in [1.82, 2.24) is 9.62 Å². The maximum atomic E-state index is 12.6. The van der Waals surface area contributed by atoms with Crippen molar-refractivity contribution in [3.05, 3.63) is 53.6 Å². The number of likely N-dealkylation sites (tertiary alicyclic amines) is 1. The van der Waals surface area contributed by atoms with E-state index in [4.69, 9.17) is 4.74 Å². The van der Waals surface area contributed by atoms with E-state index in [2.05, 4.69) is 10.0 Å². The van der Waals surface area contributed by atoms with Crippen molar-refractivity contribution in [1.29, 1.82) is 0 Å². The van der Waals surface area contributed by atoms with E-state index in [0.717, 1.165) is 31.5 Å². The molecule has 0 unspecified atom stereocenters. The molecule has 8 nitrogen and oxygen atoms in total. The maximum Gasteiger partial charge on any atom is 0.255 e. The van der Waals surface area contributed by atoms with E-state index in [0.29, 0.717) is 12.1 Å². The number of hydrogen-bond donors (Lipinski definition) is 2. The average molecular weight is 432 g/mol. The smallest absolute Gasteiger partial charge is 0.255 e. The zero-order valence-electron chi connectivity index (χ0n) is 17.0. The summed E-state index contributed by atoms with van der Waals surface area (Å²) in [7, 11) is -1.13. The normalized spacial score (nSPS) is 13.9. The molecule has 0 spiro atoms. The van der Waals surface area contributed by atoms with Crippen LogP contribution in [-0.4, -0.2) is 52.4 Å². The summed E-state index contributed by atoms with van der Waals surface area (Å²) in [6.07, 6.45) is 2.44. The Morgan fingerprint density at radius 3 is 2.33 bits per heavy atom. The number of sulfonamides is 1. The number of carbonyl (C=O) groups excluding carboxylic acids is 2. The van der Waals surface area contributed by atoms with Crippen molar-refractivity contribution in [2.24, 2.45) is 0 Å². The molecular weight excluding hydrogens is 406 g/mol. The van der Waals surface area contributed by atoms with Gasteiger partial charge in [-0.2, -0.15) is 0 Å². The van der Waals surface area contributed by atoms with Gasteiger partial charge in [0.15, 0.2) is 0 Å². The highest BCUT2D eigenvalue weighted by Gasteiger charge is 2.21. The van der Waals surface area contributed by atoms with E-state index in [9.17, 15) is 18.0 Å². The summed E-state index contributed by atoms with van der Waals surface area (Å²) in [5.41, 5.74) is 1.60. The minimum absolute atomic E-state index is 0.112. The van der Waals surface area contributed by atoms with Crippen LogP contribution in [0.5, 0.6) is 5.75 Å². The Kier molecular flexibility index (Phi) is 6.73. The van der Waals surface area contributed by atoms with E-state index in [1.54, 1.807) is 24.3 Å². The minimum atomic E-state index is -3.79. The SMILES string of the molecule is CNS(=O)(=O)c1cc(C(=O)Nc2ccc(CC(=O)N3CCCC3)cc2)ccc1OC. The first-order valence-electron chi connectivity index (χ1n) is 9.63. The number of rotatable bonds is 7. The van der Waals surface area contributed by atoms with Gasteiger partial charge in [-0.05, 0) is 55.8 Å². The summed E-state index contributed by atoms with van der Waals surface area (Å²) < 4.78 is 31.7. The zero-order chi connectivity index (χ0) is 21.7. The van der Waals surface area contributed by atoms with E-state index >= 15 is 0 Å². The van der Waals surface area contributed by atoms with Crippen LogP contribution >= 0.6 is 0 Å². The highest BCUT2D eigenvalue weighted by atomic mass is 32.2. The average Bonchev–Trinajstić information content (AvgIpc) is 3.29. The van der Waals surface area contributed by atoms with Crippen molar-refractivity contribution >= 4 is 27.5 Å². The van der Waals surface area contributed by atoms with Gasteiger partial charge in [0.2, 0.25) is 15.9 Å². The number of anilines is 1. The summed E-state index contributed by atoms with van der Waals surface area (Å²) in [4.78, 5) is 26.6. The molecule has 9 heteroatoms. The number of amides is 2. The van der Waals surface area contributed by atoms with Crippen LogP contribution in [0.15, 0.2) is 47.4 Å². The minimum Gasteiger partial charge on any atom is -0.495 e. The zero-order valence-corrected chi connectivity index (χ0v) is 17.8. The van der Waals surface area contributed by atoms with Gasteiger partial charge in [0.1, 0.15) is 10.6 Å². The Balaban J connectivity index is 1.70. The van der Waals surface area contributed by atoms with Gasteiger partial charge in [-0.25, -0.2) is 13.1 Å². The van der Waals surface area contributed by atoms with Gasteiger partial charge < -0.3 is 15.0 Å². The summed E-state index contributed by atoms with van der Waals surface area (Å²) in [5, 5.41) is 2.74. The number of ether oxygens (including phenoxy) is 1. The second-order valence-electron chi connectivity index (χ2n) is 6.99. The second-order valence-corrected chi connectivity index (χ2v) is 8.84. The molecule has 2 aromatic carbocycles. The third-order valence-electron chi connectivity index (χ3n) is 5.01. The predicted octanol–water partition coefficient (Wildman–Crippen LogP) is 2.02. The molecule has 1 aliphatic rings. The van der Waals surface area contributed by atoms with E-state index in [1.165, 1.54) is 32.4 Å². The molecular formula is C21H25N3O5S. The molecule has 30 heavy (non-hydrogen) atoms. The van der Waals surface area contributed by atoms with Crippen molar-refractivity contribution in [3.63, 3.8) is 0 Å². The fraction of sp³-hybridized carbons (Fsp3) is 0.333. The molecule has 2 amide bonds. The Bertz CT molecular complexity index is 1030. The summed E-state index contributed by atoms with van der Waals surface area (Å²) >= 11 is 0. The largest absolute Gasteiger partial charge is 0.495 e. The molecule has 1 saturated heterocycles. The highest BCUT2D eigenvalue weighted by molar-refractivity contribution is 7.89. The molecule has 0 atom stereocenters. The van der Waals surface area contributed by atoms with Crippen LogP contribution in [0.1, 0.15) is 28.8 Å². The molecule has 2 aromatic rings. The lowest BCUT2D eigenvalue weighted by molar-refractivity contribution is -0.129. The summed E-state index contributed by atoms with van der Waals surface area (Å²) in [6.45, 7) is 1.64. The monoisotopic (exact) mass is 431 g/mol. The van der Waals surface area contributed by atoms with Gasteiger partial charge in [-0.1, -0.05) is 12.1 Å². The Labute approximate surface area is 176 Å². The highest BCUT2D eigenvalue weighted by Crippen LogP contribution is 2.25. The lowest BCUT2D eigenvalue weighted by atomic mass is 10.1. The molecule has 0 aromatic heterocycles.